The van der Waals surface area contributed by atoms with Gasteiger partial charge in [-0.05, 0) is 55.0 Å². The minimum Gasteiger partial charge on any atom is -0.394 e. The molecule has 0 aromatic heterocycles. The Morgan fingerprint density at radius 2 is 2.03 bits per heavy atom. The maximum Gasteiger partial charge on any atom is 0.254 e. The number of rotatable bonds is 9. The number of halogens is 4. The van der Waals surface area contributed by atoms with Crippen LogP contribution in [0.25, 0.3) is 0 Å². The van der Waals surface area contributed by atoms with Crippen LogP contribution in [0.2, 0.25) is 5.02 Å². The number of aliphatic imine (C=N–C) groups is 2. The number of carbonyl (C=O) groups excluding carboxylic acids is 1. The number of hydrogen-bond donors (Lipinski definition) is 3. The predicted octanol–water partition coefficient (Wildman–Crippen LogP) is 5.57. The minimum absolute atomic E-state index is 0.0638. The zero-order valence-electron chi connectivity index (χ0n) is 21.7. The topological polar surface area (TPSA) is 100 Å². The first-order valence-corrected chi connectivity index (χ1v) is 13.0. The second-order valence-electron chi connectivity index (χ2n) is 9.72. The van der Waals surface area contributed by atoms with Crippen LogP contribution in [-0.4, -0.2) is 48.2 Å². The lowest BCUT2D eigenvalue weighted by molar-refractivity contribution is -0.0929. The number of nitrogens with one attached hydrogen (secondary N) is 1. The van der Waals surface area contributed by atoms with Crippen LogP contribution in [0.15, 0.2) is 52.4 Å². The molecule has 10 heteroatoms. The summed E-state index contributed by atoms with van der Waals surface area (Å²) in [5.74, 6) is -4.95. The van der Waals surface area contributed by atoms with Crippen molar-refractivity contribution >= 4 is 29.1 Å². The third-order valence-electron chi connectivity index (χ3n) is 7.19. The van der Waals surface area contributed by atoms with Gasteiger partial charge in [0.15, 0.2) is 0 Å². The Balaban J connectivity index is 1.87. The fourth-order valence-corrected chi connectivity index (χ4v) is 5.05. The molecule has 0 aliphatic heterocycles. The minimum atomic E-state index is -2.69. The Morgan fingerprint density at radius 1 is 1.29 bits per heavy atom. The molecule has 2 aromatic carbocycles. The zero-order valence-corrected chi connectivity index (χ0v) is 22.5. The quantitative estimate of drug-likeness (QED) is 0.281. The number of amides is 1. The van der Waals surface area contributed by atoms with Crippen molar-refractivity contribution < 1.29 is 23.1 Å². The van der Waals surface area contributed by atoms with Crippen LogP contribution < -0.4 is 11.1 Å². The molecule has 0 radical (unpaired) electrons. The van der Waals surface area contributed by atoms with Gasteiger partial charge in [0.25, 0.3) is 11.8 Å². The Hall–Kier alpha value is -2.91. The summed E-state index contributed by atoms with van der Waals surface area (Å²) in [7, 11) is 1.48. The smallest absolute Gasteiger partial charge is 0.254 e. The Morgan fingerprint density at radius 3 is 2.61 bits per heavy atom. The third kappa shape index (κ3) is 6.94. The average molecular weight is 551 g/mol. The van der Waals surface area contributed by atoms with Gasteiger partial charge in [0.2, 0.25) is 0 Å². The number of aliphatic hydroxyl groups is 1. The van der Waals surface area contributed by atoms with Gasteiger partial charge in [-0.2, -0.15) is 0 Å². The third-order valence-corrected chi connectivity index (χ3v) is 7.43. The number of nitrogens with two attached hydrogens (primary N) is 1. The van der Waals surface area contributed by atoms with Gasteiger partial charge in [0.05, 0.1) is 24.3 Å². The molecule has 0 spiro atoms. The predicted molar refractivity (Wildman–Crippen MR) is 145 cm³/mol. The second-order valence-corrected chi connectivity index (χ2v) is 10.2. The lowest BCUT2D eigenvalue weighted by Crippen LogP contribution is -2.38. The van der Waals surface area contributed by atoms with Gasteiger partial charge in [0, 0.05) is 30.0 Å². The van der Waals surface area contributed by atoms with Crippen molar-refractivity contribution in [2.75, 3.05) is 13.7 Å². The van der Waals surface area contributed by atoms with Crippen molar-refractivity contribution in [2.45, 2.75) is 57.5 Å². The Kier molecular flexibility index (Phi) is 9.95. The molecule has 0 heterocycles. The van der Waals surface area contributed by atoms with Crippen molar-refractivity contribution in [1.82, 2.24) is 5.32 Å². The highest BCUT2D eigenvalue weighted by Crippen LogP contribution is 2.43. The van der Waals surface area contributed by atoms with Gasteiger partial charge >= 0.3 is 0 Å². The van der Waals surface area contributed by atoms with Crippen molar-refractivity contribution in [3.05, 3.63) is 70.0 Å². The molecule has 1 aliphatic carbocycles. The van der Waals surface area contributed by atoms with Gasteiger partial charge in [-0.15, -0.1) is 0 Å². The van der Waals surface area contributed by atoms with Gasteiger partial charge < -0.3 is 16.2 Å². The van der Waals surface area contributed by atoms with E-state index < -0.39 is 36.2 Å². The summed E-state index contributed by atoms with van der Waals surface area (Å²) in [5.41, 5.74) is 7.04. The van der Waals surface area contributed by atoms with E-state index in [0.717, 1.165) is 6.07 Å². The highest BCUT2D eigenvalue weighted by atomic mass is 35.5. The van der Waals surface area contributed by atoms with E-state index in [2.05, 4.69) is 10.3 Å². The molecule has 38 heavy (non-hydrogen) atoms. The number of amidine groups is 1. The summed E-state index contributed by atoms with van der Waals surface area (Å²) in [6.07, 6.45) is 1.07. The molecule has 3 rings (SSSR count). The summed E-state index contributed by atoms with van der Waals surface area (Å²) in [6.45, 7) is 3.07. The van der Waals surface area contributed by atoms with Crippen LogP contribution in [0.4, 0.5) is 13.2 Å². The van der Waals surface area contributed by atoms with E-state index in [4.69, 9.17) is 22.3 Å². The largest absolute Gasteiger partial charge is 0.394 e. The van der Waals surface area contributed by atoms with Crippen LogP contribution in [-0.2, 0) is 0 Å². The number of carbonyl (C=O) groups is 1. The number of nitrogens with zero attached hydrogens (tertiary/aromatic N) is 2. The molecule has 2 aromatic rings. The van der Waals surface area contributed by atoms with Crippen molar-refractivity contribution in [1.29, 1.82) is 0 Å². The van der Waals surface area contributed by atoms with Crippen LogP contribution in [0.1, 0.15) is 67.1 Å². The first-order chi connectivity index (χ1) is 18.0. The number of alkyl halides is 2. The standard InChI is InChI=1S/C28H34ClF3N4O2/c1-4-23(18-10-11-28(31,32)16(2)12-18)35-25(26(33)34-3)19-8-9-21(22(30)14-19)27(38)36-24(15-37)17-6-5-7-20(29)13-17/h5-9,13-14,16,18,23-24,37H,4,10-12,15H2,1-3H3,(H2,33,34)(H,36,38)/b35-25-/t16-,18-,23?,24-/m1/s1. The maximum absolute atomic E-state index is 15.2. The number of aliphatic hydroxyl groups excluding tert-OH is 1. The molecular formula is C28H34ClF3N4O2. The SMILES string of the molecule is CCC(/N=C(\C(N)=N/C)c1ccc(C(=O)N[C@H](CO)c2cccc(Cl)c2)c(F)c1)[C@@H]1CCC(F)(F)[C@H](C)C1. The molecule has 1 amide bonds. The van der Waals surface area contributed by atoms with E-state index in [1.165, 1.54) is 19.2 Å². The fourth-order valence-electron chi connectivity index (χ4n) is 4.85. The Bertz CT molecular complexity index is 1200. The molecule has 4 N–H and O–H groups in total. The Labute approximate surface area is 226 Å². The first kappa shape index (κ1) is 29.6. The molecule has 1 saturated carbocycles. The monoisotopic (exact) mass is 550 g/mol. The van der Waals surface area contributed by atoms with Gasteiger partial charge in [-0.1, -0.05) is 43.6 Å². The number of benzene rings is 2. The normalized spacial score (nSPS) is 21.6. The second kappa shape index (κ2) is 12.8. The first-order valence-electron chi connectivity index (χ1n) is 12.7. The number of hydrogen-bond acceptors (Lipinski definition) is 4. The van der Waals surface area contributed by atoms with Crippen molar-refractivity contribution in [2.24, 2.45) is 27.6 Å². The summed E-state index contributed by atoms with van der Waals surface area (Å²) in [5, 5.41) is 12.8. The molecule has 206 valence electrons. The summed E-state index contributed by atoms with van der Waals surface area (Å²) >= 11 is 6.01. The van der Waals surface area contributed by atoms with E-state index in [1.54, 1.807) is 31.2 Å². The zero-order chi connectivity index (χ0) is 28.0. The molecule has 4 atom stereocenters. The lowest BCUT2D eigenvalue weighted by atomic mass is 9.76. The van der Waals surface area contributed by atoms with Gasteiger partial charge in [-0.25, -0.2) is 13.2 Å². The van der Waals surface area contributed by atoms with E-state index in [1.807, 2.05) is 6.92 Å². The van der Waals surface area contributed by atoms with Gasteiger partial charge in [0.1, 0.15) is 17.4 Å². The van der Waals surface area contributed by atoms with E-state index in [9.17, 15) is 18.7 Å². The average Bonchev–Trinajstić information content (AvgIpc) is 2.89. The molecule has 6 nitrogen and oxygen atoms in total. The van der Waals surface area contributed by atoms with Crippen LogP contribution in [0, 0.1) is 17.7 Å². The van der Waals surface area contributed by atoms with E-state index in [0.29, 0.717) is 35.4 Å². The maximum atomic E-state index is 15.2. The van der Waals surface area contributed by atoms with Crippen molar-refractivity contribution in [3.8, 4) is 0 Å². The highest BCUT2D eigenvalue weighted by Gasteiger charge is 2.43. The van der Waals surface area contributed by atoms with Gasteiger partial charge in [-0.3, -0.25) is 14.8 Å². The summed E-state index contributed by atoms with van der Waals surface area (Å²) in [4.78, 5) is 21.6. The lowest BCUT2D eigenvalue weighted by Gasteiger charge is -2.36. The van der Waals surface area contributed by atoms with Crippen LogP contribution >= 0.6 is 11.6 Å². The highest BCUT2D eigenvalue weighted by molar-refractivity contribution is 6.47. The van der Waals surface area contributed by atoms with E-state index in [-0.39, 0.29) is 35.5 Å². The van der Waals surface area contributed by atoms with Crippen LogP contribution in [0.3, 0.4) is 0 Å². The fraction of sp³-hybridized carbons (Fsp3) is 0.464. The molecule has 1 aliphatic rings. The van der Waals surface area contributed by atoms with Crippen LogP contribution in [0.5, 0.6) is 0 Å². The van der Waals surface area contributed by atoms with Crippen molar-refractivity contribution in [3.63, 3.8) is 0 Å². The molecule has 0 bridgehead atoms. The van der Waals surface area contributed by atoms with E-state index >= 15 is 4.39 Å². The molecular weight excluding hydrogens is 517 g/mol. The molecule has 0 saturated heterocycles. The molecule has 1 fully saturated rings. The summed E-state index contributed by atoms with van der Waals surface area (Å²) in [6, 6.07) is 9.57. The summed E-state index contributed by atoms with van der Waals surface area (Å²) < 4.78 is 43.3. The molecule has 1 unspecified atom stereocenters.